The predicted octanol–water partition coefficient (Wildman–Crippen LogP) is 1.65. The molecule has 3 unspecified atom stereocenters. The van der Waals surface area contributed by atoms with E-state index in [0.717, 1.165) is 32.4 Å². The molecule has 21 heavy (non-hydrogen) atoms. The molecule has 0 spiro atoms. The molecule has 3 atom stereocenters. The van der Waals surface area contributed by atoms with E-state index in [9.17, 15) is 9.59 Å². The molecule has 120 valence electrons. The van der Waals surface area contributed by atoms with E-state index in [1.54, 1.807) is 4.90 Å². The lowest BCUT2D eigenvalue weighted by Crippen LogP contribution is -2.49. The Morgan fingerprint density at radius 1 is 1.24 bits per heavy atom. The van der Waals surface area contributed by atoms with Gasteiger partial charge in [0.2, 0.25) is 0 Å². The molecule has 6 nitrogen and oxygen atoms in total. The van der Waals surface area contributed by atoms with E-state index in [2.05, 4.69) is 6.92 Å². The van der Waals surface area contributed by atoms with Crippen molar-refractivity contribution in [1.82, 2.24) is 9.80 Å². The highest BCUT2D eigenvalue weighted by Crippen LogP contribution is 2.25. The number of likely N-dealkylation sites (tertiary alicyclic amines) is 2. The van der Waals surface area contributed by atoms with Crippen LogP contribution in [0, 0.1) is 11.8 Å². The zero-order valence-electron chi connectivity index (χ0n) is 13.0. The second kappa shape index (κ2) is 7.11. The highest BCUT2D eigenvalue weighted by atomic mass is 16.5. The number of carbonyl (C=O) groups excluding carboxylic acids is 1. The van der Waals surface area contributed by atoms with Gasteiger partial charge in [0.1, 0.15) is 0 Å². The van der Waals surface area contributed by atoms with E-state index in [-0.39, 0.29) is 18.1 Å². The maximum atomic E-state index is 12.5. The number of carbonyl (C=O) groups is 2. The molecule has 0 saturated carbocycles. The Hall–Kier alpha value is -1.30. The SMILES string of the molecule is CCCOC1CCCN(C(=O)N2CC(C)C(C(=O)O)C2)C1. The molecule has 2 fully saturated rings. The summed E-state index contributed by atoms with van der Waals surface area (Å²) in [5, 5.41) is 9.16. The standard InChI is InChI=1S/C15H26N2O4/c1-3-7-21-12-5-4-6-16(9-12)15(20)17-8-11(2)13(10-17)14(18)19/h11-13H,3-10H2,1-2H3,(H,18,19). The Morgan fingerprint density at radius 2 is 2.00 bits per heavy atom. The van der Waals surface area contributed by atoms with Crippen LogP contribution in [0.3, 0.4) is 0 Å². The van der Waals surface area contributed by atoms with Gasteiger partial charge in [0.25, 0.3) is 0 Å². The molecule has 2 amide bonds. The Labute approximate surface area is 126 Å². The first kappa shape index (κ1) is 16.1. The number of urea groups is 1. The van der Waals surface area contributed by atoms with E-state index in [1.165, 1.54) is 0 Å². The third-order valence-electron chi connectivity index (χ3n) is 4.41. The summed E-state index contributed by atoms with van der Waals surface area (Å²) in [6.07, 6.45) is 3.05. The van der Waals surface area contributed by atoms with Crippen LogP contribution in [-0.4, -0.2) is 65.8 Å². The van der Waals surface area contributed by atoms with Gasteiger partial charge >= 0.3 is 12.0 Å². The van der Waals surface area contributed by atoms with Crippen molar-refractivity contribution in [3.05, 3.63) is 0 Å². The fourth-order valence-corrected chi connectivity index (χ4v) is 3.18. The molecule has 2 rings (SSSR count). The van der Waals surface area contributed by atoms with Crippen molar-refractivity contribution >= 4 is 12.0 Å². The summed E-state index contributed by atoms with van der Waals surface area (Å²) in [5.74, 6) is -1.23. The topological polar surface area (TPSA) is 70.1 Å². The quantitative estimate of drug-likeness (QED) is 0.857. The molecule has 2 aliphatic rings. The zero-order valence-corrected chi connectivity index (χ0v) is 13.0. The normalized spacial score (nSPS) is 29.7. The summed E-state index contributed by atoms with van der Waals surface area (Å²) in [6.45, 7) is 6.93. The number of hydrogen-bond donors (Lipinski definition) is 1. The van der Waals surface area contributed by atoms with Crippen molar-refractivity contribution in [2.75, 3.05) is 32.8 Å². The van der Waals surface area contributed by atoms with E-state index < -0.39 is 11.9 Å². The summed E-state index contributed by atoms with van der Waals surface area (Å²) in [7, 11) is 0. The molecule has 2 heterocycles. The number of carboxylic acids is 1. The van der Waals surface area contributed by atoms with Gasteiger partial charge in [0.05, 0.1) is 12.0 Å². The number of carboxylic acid groups (broad SMARTS) is 1. The first-order valence-corrected chi connectivity index (χ1v) is 7.91. The number of hydrogen-bond acceptors (Lipinski definition) is 3. The number of amides is 2. The number of aliphatic carboxylic acids is 1. The smallest absolute Gasteiger partial charge is 0.320 e. The van der Waals surface area contributed by atoms with Gasteiger partial charge in [0.15, 0.2) is 0 Å². The fourth-order valence-electron chi connectivity index (χ4n) is 3.18. The van der Waals surface area contributed by atoms with Crippen LogP contribution in [0.15, 0.2) is 0 Å². The lowest BCUT2D eigenvalue weighted by Gasteiger charge is -2.35. The molecule has 6 heteroatoms. The molecule has 0 aromatic rings. The number of piperidine rings is 1. The lowest BCUT2D eigenvalue weighted by atomic mass is 9.99. The Kier molecular flexibility index (Phi) is 5.45. The van der Waals surface area contributed by atoms with Crippen LogP contribution in [0.1, 0.15) is 33.1 Å². The third kappa shape index (κ3) is 3.87. The molecule has 2 saturated heterocycles. The van der Waals surface area contributed by atoms with Crippen molar-refractivity contribution in [2.24, 2.45) is 11.8 Å². The predicted molar refractivity (Wildman–Crippen MR) is 78.1 cm³/mol. The Morgan fingerprint density at radius 3 is 2.62 bits per heavy atom. The average molecular weight is 298 g/mol. The molecule has 0 radical (unpaired) electrons. The highest BCUT2D eigenvalue weighted by Gasteiger charge is 2.39. The second-order valence-electron chi connectivity index (χ2n) is 6.19. The number of rotatable bonds is 4. The van der Waals surface area contributed by atoms with Gasteiger partial charge in [-0.3, -0.25) is 4.79 Å². The van der Waals surface area contributed by atoms with E-state index in [4.69, 9.17) is 9.84 Å². The molecule has 0 aromatic carbocycles. The molecular weight excluding hydrogens is 272 g/mol. The van der Waals surface area contributed by atoms with Crippen LogP contribution >= 0.6 is 0 Å². The largest absolute Gasteiger partial charge is 0.481 e. The van der Waals surface area contributed by atoms with E-state index in [0.29, 0.717) is 19.6 Å². The third-order valence-corrected chi connectivity index (χ3v) is 4.41. The van der Waals surface area contributed by atoms with Crippen molar-refractivity contribution in [1.29, 1.82) is 0 Å². The zero-order chi connectivity index (χ0) is 15.4. The summed E-state index contributed by atoms with van der Waals surface area (Å²) in [5.41, 5.74) is 0. The van der Waals surface area contributed by atoms with Crippen LogP contribution in [0.4, 0.5) is 4.79 Å². The minimum atomic E-state index is -0.805. The van der Waals surface area contributed by atoms with Gasteiger partial charge in [-0.2, -0.15) is 0 Å². The lowest BCUT2D eigenvalue weighted by molar-refractivity contribution is -0.142. The molecule has 2 aliphatic heterocycles. The van der Waals surface area contributed by atoms with Crippen LogP contribution in [0.25, 0.3) is 0 Å². The minimum absolute atomic E-state index is 0.0170. The minimum Gasteiger partial charge on any atom is -0.481 e. The summed E-state index contributed by atoms with van der Waals surface area (Å²) in [6, 6.07) is -0.0320. The molecular formula is C15H26N2O4. The monoisotopic (exact) mass is 298 g/mol. The molecule has 0 bridgehead atoms. The first-order chi connectivity index (χ1) is 10.0. The van der Waals surface area contributed by atoms with Crippen molar-refractivity contribution in [3.63, 3.8) is 0 Å². The van der Waals surface area contributed by atoms with Gasteiger partial charge in [-0.15, -0.1) is 0 Å². The van der Waals surface area contributed by atoms with Crippen LogP contribution in [0.5, 0.6) is 0 Å². The maximum Gasteiger partial charge on any atom is 0.320 e. The van der Waals surface area contributed by atoms with E-state index >= 15 is 0 Å². The van der Waals surface area contributed by atoms with Gasteiger partial charge in [-0.1, -0.05) is 13.8 Å². The second-order valence-corrected chi connectivity index (χ2v) is 6.19. The Bertz CT molecular complexity index is 388. The van der Waals surface area contributed by atoms with Crippen LogP contribution in [-0.2, 0) is 9.53 Å². The van der Waals surface area contributed by atoms with Crippen molar-refractivity contribution < 1.29 is 19.4 Å². The average Bonchev–Trinajstić information content (AvgIpc) is 2.87. The van der Waals surface area contributed by atoms with Crippen molar-refractivity contribution in [2.45, 2.75) is 39.2 Å². The fraction of sp³-hybridized carbons (Fsp3) is 0.867. The van der Waals surface area contributed by atoms with Crippen LogP contribution in [0.2, 0.25) is 0 Å². The van der Waals surface area contributed by atoms with Gasteiger partial charge in [-0.25, -0.2) is 4.79 Å². The molecule has 0 aliphatic carbocycles. The Balaban J connectivity index is 1.89. The first-order valence-electron chi connectivity index (χ1n) is 7.91. The number of nitrogens with zero attached hydrogens (tertiary/aromatic N) is 2. The summed E-state index contributed by atoms with van der Waals surface area (Å²) in [4.78, 5) is 27.2. The van der Waals surface area contributed by atoms with Crippen molar-refractivity contribution in [3.8, 4) is 0 Å². The van der Waals surface area contributed by atoms with E-state index in [1.807, 2.05) is 11.8 Å². The number of ether oxygens (including phenoxy) is 1. The highest BCUT2D eigenvalue weighted by molar-refractivity contribution is 5.78. The molecule has 1 N–H and O–H groups in total. The van der Waals surface area contributed by atoms with Crippen LogP contribution < -0.4 is 0 Å². The maximum absolute atomic E-state index is 12.5. The molecule has 0 aromatic heterocycles. The van der Waals surface area contributed by atoms with Gasteiger partial charge < -0.3 is 19.6 Å². The van der Waals surface area contributed by atoms with Gasteiger partial charge in [0, 0.05) is 32.8 Å². The van der Waals surface area contributed by atoms with Gasteiger partial charge in [-0.05, 0) is 25.2 Å². The summed E-state index contributed by atoms with van der Waals surface area (Å²) < 4.78 is 5.75. The summed E-state index contributed by atoms with van der Waals surface area (Å²) >= 11 is 0.